The Morgan fingerprint density at radius 2 is 2.03 bits per heavy atom. The fraction of sp³-hybridized carbons (Fsp3) is 0.682. The first-order valence-corrected chi connectivity index (χ1v) is 10.6. The molecule has 1 aliphatic rings. The van der Waals surface area contributed by atoms with Crippen molar-refractivity contribution in [2.24, 2.45) is 10.9 Å². The Balaban J connectivity index is 0.00000450. The molecular formula is C22H39IN4O3. The van der Waals surface area contributed by atoms with Gasteiger partial charge in [0.25, 0.3) is 0 Å². The van der Waals surface area contributed by atoms with E-state index in [1.807, 2.05) is 19.2 Å². The number of nitrogens with zero attached hydrogens (tertiary/aromatic N) is 3. The highest BCUT2D eigenvalue weighted by atomic mass is 127. The van der Waals surface area contributed by atoms with Crippen molar-refractivity contribution < 1.29 is 14.2 Å². The molecule has 7 nitrogen and oxygen atoms in total. The van der Waals surface area contributed by atoms with E-state index in [4.69, 9.17) is 14.2 Å². The van der Waals surface area contributed by atoms with Crippen molar-refractivity contribution in [1.82, 2.24) is 15.1 Å². The van der Waals surface area contributed by atoms with E-state index < -0.39 is 0 Å². The summed E-state index contributed by atoms with van der Waals surface area (Å²) in [4.78, 5) is 8.91. The quantitative estimate of drug-likeness (QED) is 0.268. The third-order valence-corrected chi connectivity index (χ3v) is 5.37. The highest BCUT2D eigenvalue weighted by Gasteiger charge is 2.19. The van der Waals surface area contributed by atoms with E-state index in [0.717, 1.165) is 68.8 Å². The van der Waals surface area contributed by atoms with Crippen LogP contribution in [-0.2, 0) is 11.3 Å². The number of guanidine groups is 1. The minimum absolute atomic E-state index is 0. The van der Waals surface area contributed by atoms with Crippen LogP contribution in [-0.4, -0.2) is 83.0 Å². The molecule has 0 spiro atoms. The van der Waals surface area contributed by atoms with Crippen molar-refractivity contribution in [3.05, 3.63) is 23.8 Å². The summed E-state index contributed by atoms with van der Waals surface area (Å²) in [6, 6.07) is 6.08. The molecule has 2 rings (SSSR count). The van der Waals surface area contributed by atoms with Gasteiger partial charge in [0.05, 0.1) is 13.7 Å². The Labute approximate surface area is 199 Å². The van der Waals surface area contributed by atoms with Crippen LogP contribution >= 0.6 is 24.0 Å². The molecule has 0 bridgehead atoms. The summed E-state index contributed by atoms with van der Waals surface area (Å²) < 4.78 is 17.0. The van der Waals surface area contributed by atoms with Crippen molar-refractivity contribution in [1.29, 1.82) is 0 Å². The van der Waals surface area contributed by atoms with Crippen molar-refractivity contribution >= 4 is 29.9 Å². The van der Waals surface area contributed by atoms with Gasteiger partial charge in [-0.15, -0.1) is 24.0 Å². The Bertz CT molecular complexity index is 635. The molecule has 1 N–H and O–H groups in total. The number of methoxy groups -OCH3 is 1. The van der Waals surface area contributed by atoms with Gasteiger partial charge < -0.3 is 29.3 Å². The number of rotatable bonds is 11. The maximum Gasteiger partial charge on any atom is 0.193 e. The Kier molecular flexibility index (Phi) is 13.1. The second-order valence-corrected chi connectivity index (χ2v) is 7.37. The third-order valence-electron chi connectivity index (χ3n) is 5.37. The van der Waals surface area contributed by atoms with Gasteiger partial charge in [0.2, 0.25) is 0 Å². The second kappa shape index (κ2) is 14.7. The summed E-state index contributed by atoms with van der Waals surface area (Å²) in [5.41, 5.74) is 1.12. The molecule has 0 radical (unpaired) electrons. The van der Waals surface area contributed by atoms with Gasteiger partial charge in [0, 0.05) is 46.3 Å². The Hall–Kier alpha value is -1.26. The molecule has 0 aliphatic carbocycles. The van der Waals surface area contributed by atoms with Crippen LogP contribution in [0.15, 0.2) is 23.2 Å². The number of benzene rings is 1. The minimum atomic E-state index is 0. The molecule has 8 heteroatoms. The smallest absolute Gasteiger partial charge is 0.193 e. The van der Waals surface area contributed by atoms with Crippen LogP contribution < -0.4 is 14.8 Å². The first-order valence-electron chi connectivity index (χ1n) is 10.6. The van der Waals surface area contributed by atoms with Gasteiger partial charge in [0.15, 0.2) is 17.5 Å². The van der Waals surface area contributed by atoms with E-state index in [1.165, 1.54) is 0 Å². The lowest BCUT2D eigenvalue weighted by atomic mass is 10.1. The number of ether oxygens (including phenoxy) is 3. The van der Waals surface area contributed by atoms with E-state index in [2.05, 4.69) is 47.1 Å². The van der Waals surface area contributed by atoms with Gasteiger partial charge in [0.1, 0.15) is 6.61 Å². The summed E-state index contributed by atoms with van der Waals surface area (Å²) in [5.74, 6) is 3.00. The minimum Gasteiger partial charge on any atom is -0.493 e. The van der Waals surface area contributed by atoms with Crippen molar-refractivity contribution in [2.75, 3.05) is 67.2 Å². The second-order valence-electron chi connectivity index (χ2n) is 7.37. The number of halogens is 1. The van der Waals surface area contributed by atoms with E-state index in [9.17, 15) is 0 Å². The maximum absolute atomic E-state index is 5.95. The van der Waals surface area contributed by atoms with Crippen molar-refractivity contribution in [3.63, 3.8) is 0 Å². The van der Waals surface area contributed by atoms with E-state index in [1.54, 1.807) is 7.11 Å². The summed E-state index contributed by atoms with van der Waals surface area (Å²) in [6.07, 6.45) is 1.12. The van der Waals surface area contributed by atoms with Crippen LogP contribution in [0.2, 0.25) is 0 Å². The summed E-state index contributed by atoms with van der Waals surface area (Å²) >= 11 is 0. The first-order chi connectivity index (χ1) is 14.1. The zero-order chi connectivity index (χ0) is 21.1. The summed E-state index contributed by atoms with van der Waals surface area (Å²) in [5, 5.41) is 3.44. The molecular weight excluding hydrogens is 495 g/mol. The SMILES string of the molecule is CCN(CC)CCOc1ccc(CNC(=NC)N(C)CC2CCOC2)cc1OC.I. The lowest BCUT2D eigenvalue weighted by molar-refractivity contribution is 0.181. The van der Waals surface area contributed by atoms with E-state index >= 15 is 0 Å². The molecule has 1 heterocycles. The normalized spacial score (nSPS) is 16.3. The largest absolute Gasteiger partial charge is 0.493 e. The average molecular weight is 534 g/mol. The Morgan fingerprint density at radius 1 is 1.27 bits per heavy atom. The van der Waals surface area contributed by atoms with Gasteiger partial charge in [-0.25, -0.2) is 0 Å². The topological polar surface area (TPSA) is 58.6 Å². The predicted octanol–water partition coefficient (Wildman–Crippen LogP) is 3.08. The van der Waals surface area contributed by atoms with Gasteiger partial charge in [-0.05, 0) is 37.2 Å². The molecule has 1 aromatic rings. The maximum atomic E-state index is 5.95. The van der Waals surface area contributed by atoms with Crippen LogP contribution in [0.5, 0.6) is 11.5 Å². The van der Waals surface area contributed by atoms with E-state index in [-0.39, 0.29) is 24.0 Å². The number of aliphatic imine (C=N–C) groups is 1. The summed E-state index contributed by atoms with van der Waals surface area (Å²) in [6.45, 7) is 11.3. The van der Waals surface area contributed by atoms with Gasteiger partial charge in [-0.2, -0.15) is 0 Å². The third kappa shape index (κ3) is 8.47. The van der Waals surface area contributed by atoms with Crippen LogP contribution in [0.3, 0.4) is 0 Å². The zero-order valence-corrected chi connectivity index (χ0v) is 21.5. The average Bonchev–Trinajstić information content (AvgIpc) is 3.25. The molecule has 0 aromatic heterocycles. The Morgan fingerprint density at radius 3 is 2.63 bits per heavy atom. The number of hydrogen-bond acceptors (Lipinski definition) is 5. The van der Waals surface area contributed by atoms with Crippen LogP contribution in [0, 0.1) is 5.92 Å². The zero-order valence-electron chi connectivity index (χ0n) is 19.1. The molecule has 1 aromatic carbocycles. The summed E-state index contributed by atoms with van der Waals surface area (Å²) in [7, 11) is 5.57. The monoisotopic (exact) mass is 534 g/mol. The standard InChI is InChI=1S/C22H38N4O3.HI/c1-6-26(7-2)11-13-29-20-9-8-18(14-21(20)27-5)15-24-22(23-3)25(4)16-19-10-12-28-17-19;/h8-9,14,19H,6-7,10-13,15-17H2,1-5H3,(H,23,24);1H. The molecule has 1 unspecified atom stereocenters. The molecule has 0 saturated carbocycles. The highest BCUT2D eigenvalue weighted by molar-refractivity contribution is 14.0. The first kappa shape index (κ1) is 26.8. The lowest BCUT2D eigenvalue weighted by Gasteiger charge is -2.24. The van der Waals surface area contributed by atoms with E-state index in [0.29, 0.717) is 19.1 Å². The number of nitrogens with one attached hydrogen (secondary N) is 1. The lowest BCUT2D eigenvalue weighted by Crippen LogP contribution is -2.41. The van der Waals surface area contributed by atoms with Crippen molar-refractivity contribution in [3.8, 4) is 11.5 Å². The number of hydrogen-bond donors (Lipinski definition) is 1. The van der Waals surface area contributed by atoms with Crippen molar-refractivity contribution in [2.45, 2.75) is 26.8 Å². The molecule has 30 heavy (non-hydrogen) atoms. The molecule has 1 aliphatic heterocycles. The number of likely N-dealkylation sites (N-methyl/N-ethyl adjacent to an activating group) is 1. The molecule has 172 valence electrons. The van der Waals surface area contributed by atoms with Gasteiger partial charge in [-0.3, -0.25) is 4.99 Å². The van der Waals surface area contributed by atoms with Gasteiger partial charge in [-0.1, -0.05) is 19.9 Å². The fourth-order valence-electron chi connectivity index (χ4n) is 3.53. The molecule has 1 saturated heterocycles. The van der Waals surface area contributed by atoms with Crippen LogP contribution in [0.4, 0.5) is 0 Å². The highest BCUT2D eigenvalue weighted by Crippen LogP contribution is 2.28. The van der Waals surface area contributed by atoms with Gasteiger partial charge >= 0.3 is 0 Å². The predicted molar refractivity (Wildman–Crippen MR) is 133 cm³/mol. The fourth-order valence-corrected chi connectivity index (χ4v) is 3.53. The van der Waals surface area contributed by atoms with Crippen LogP contribution in [0.1, 0.15) is 25.8 Å². The molecule has 1 atom stereocenters. The molecule has 1 fully saturated rings. The van der Waals surface area contributed by atoms with Crippen LogP contribution in [0.25, 0.3) is 0 Å². The molecule has 0 amide bonds.